The molecule has 0 aromatic heterocycles. The van der Waals surface area contributed by atoms with E-state index >= 15 is 0 Å². The molecule has 2 atom stereocenters. The van der Waals surface area contributed by atoms with Crippen molar-refractivity contribution < 1.29 is 18.0 Å². The zero-order valence-electron chi connectivity index (χ0n) is 19.3. The number of fused-ring (bicyclic) bond motifs is 1. The fourth-order valence-corrected chi connectivity index (χ4v) is 4.29. The van der Waals surface area contributed by atoms with Crippen molar-refractivity contribution >= 4 is 15.9 Å². The highest BCUT2D eigenvalue weighted by Crippen LogP contribution is 2.37. The van der Waals surface area contributed by atoms with Crippen molar-refractivity contribution in [2.75, 3.05) is 19.6 Å². The molecule has 1 aliphatic rings. The van der Waals surface area contributed by atoms with E-state index in [-0.39, 0.29) is 6.04 Å². The fraction of sp³-hybridized carbons (Fsp3) is 0.682. The van der Waals surface area contributed by atoms with E-state index in [1.165, 1.54) is 11.1 Å². The molecule has 1 aromatic carbocycles. The summed E-state index contributed by atoms with van der Waals surface area (Å²) in [7, 11) is -3.63. The lowest BCUT2D eigenvalue weighted by molar-refractivity contribution is -0.128. The molecule has 1 aliphatic heterocycles. The Morgan fingerprint density at radius 3 is 2.57 bits per heavy atom. The molecule has 0 radical (unpaired) electrons. The third-order valence-corrected chi connectivity index (χ3v) is 7.52. The van der Waals surface area contributed by atoms with Gasteiger partial charge in [0.25, 0.3) is 0 Å². The van der Waals surface area contributed by atoms with Crippen LogP contribution in [0.15, 0.2) is 18.2 Å². The van der Waals surface area contributed by atoms with Crippen LogP contribution in [0, 0.1) is 18.3 Å². The zero-order valence-corrected chi connectivity index (χ0v) is 20.1. The highest BCUT2D eigenvalue weighted by atomic mass is 32.2. The van der Waals surface area contributed by atoms with E-state index in [0.717, 1.165) is 25.3 Å². The first-order valence-corrected chi connectivity index (χ1v) is 12.2. The summed E-state index contributed by atoms with van der Waals surface area (Å²) in [6.45, 7) is 15.1. The summed E-state index contributed by atoms with van der Waals surface area (Å²) in [5.74, 6) is 0.766. The third kappa shape index (κ3) is 5.95. The zero-order chi connectivity index (χ0) is 22.7. The number of sulfonamides is 1. The molecule has 2 rings (SSSR count). The van der Waals surface area contributed by atoms with Crippen molar-refractivity contribution in [2.24, 2.45) is 11.3 Å². The lowest BCUT2D eigenvalue weighted by atomic mass is 9.90. The topological polar surface area (TPSA) is 87.7 Å². The SMILES string of the molecule is CCN(CCC(C)C1NOc2cc(C)ccc21)CC(C)(C)C(=O)NS(=O)(=O)C(C)C. The Kier molecular flexibility index (Phi) is 7.93. The van der Waals surface area contributed by atoms with Gasteiger partial charge >= 0.3 is 0 Å². The van der Waals surface area contributed by atoms with Gasteiger partial charge in [-0.15, -0.1) is 5.48 Å². The van der Waals surface area contributed by atoms with Gasteiger partial charge < -0.3 is 9.74 Å². The highest BCUT2D eigenvalue weighted by molar-refractivity contribution is 7.90. The van der Waals surface area contributed by atoms with Crippen LogP contribution in [0.25, 0.3) is 0 Å². The summed E-state index contributed by atoms with van der Waals surface area (Å²) in [5, 5.41) is -0.645. The first-order valence-electron chi connectivity index (χ1n) is 10.7. The number of carbonyl (C=O) groups excluding carboxylic acids is 1. The van der Waals surface area contributed by atoms with E-state index in [1.54, 1.807) is 27.7 Å². The Balaban J connectivity index is 1.95. The van der Waals surface area contributed by atoms with Gasteiger partial charge in [0.15, 0.2) is 5.75 Å². The average molecular weight is 440 g/mol. The van der Waals surface area contributed by atoms with Gasteiger partial charge in [-0.1, -0.05) is 26.0 Å². The van der Waals surface area contributed by atoms with Crippen LogP contribution in [-0.4, -0.2) is 44.1 Å². The number of aryl methyl sites for hydroxylation is 1. The summed E-state index contributed by atoms with van der Waals surface area (Å²) in [6, 6.07) is 6.39. The summed E-state index contributed by atoms with van der Waals surface area (Å²) < 4.78 is 26.4. The molecular formula is C22H37N3O4S. The Labute approximate surface area is 181 Å². The molecule has 170 valence electrons. The van der Waals surface area contributed by atoms with Gasteiger partial charge in [-0.25, -0.2) is 8.42 Å². The van der Waals surface area contributed by atoms with E-state index in [4.69, 9.17) is 4.84 Å². The largest absolute Gasteiger partial charge is 0.408 e. The van der Waals surface area contributed by atoms with E-state index in [2.05, 4.69) is 41.1 Å². The van der Waals surface area contributed by atoms with Crippen LogP contribution in [0.4, 0.5) is 0 Å². The minimum Gasteiger partial charge on any atom is -0.408 e. The highest BCUT2D eigenvalue weighted by Gasteiger charge is 2.34. The minimum absolute atomic E-state index is 0.131. The number of hydroxylamine groups is 1. The minimum atomic E-state index is -3.63. The number of carbonyl (C=O) groups is 1. The third-order valence-electron chi connectivity index (χ3n) is 5.81. The second kappa shape index (κ2) is 9.66. The van der Waals surface area contributed by atoms with Gasteiger partial charge in [-0.2, -0.15) is 0 Å². The maximum absolute atomic E-state index is 12.6. The normalized spacial score (nSPS) is 17.7. The van der Waals surface area contributed by atoms with Crippen LogP contribution >= 0.6 is 0 Å². The van der Waals surface area contributed by atoms with Gasteiger partial charge in [0.2, 0.25) is 15.9 Å². The van der Waals surface area contributed by atoms with E-state index in [1.807, 2.05) is 13.0 Å². The molecule has 30 heavy (non-hydrogen) atoms. The van der Waals surface area contributed by atoms with Crippen molar-refractivity contribution in [1.82, 2.24) is 15.1 Å². The summed E-state index contributed by atoms with van der Waals surface area (Å²) in [4.78, 5) is 20.5. The van der Waals surface area contributed by atoms with Crippen molar-refractivity contribution in [1.29, 1.82) is 0 Å². The lowest BCUT2D eigenvalue weighted by Crippen LogP contribution is -2.48. The van der Waals surface area contributed by atoms with Gasteiger partial charge in [0, 0.05) is 12.1 Å². The van der Waals surface area contributed by atoms with Crippen molar-refractivity contribution in [3.05, 3.63) is 29.3 Å². The van der Waals surface area contributed by atoms with E-state index in [0.29, 0.717) is 12.5 Å². The predicted octanol–water partition coefficient (Wildman–Crippen LogP) is 3.16. The molecule has 0 bridgehead atoms. The first-order chi connectivity index (χ1) is 13.9. The predicted molar refractivity (Wildman–Crippen MR) is 120 cm³/mol. The number of nitrogens with zero attached hydrogens (tertiary/aromatic N) is 1. The van der Waals surface area contributed by atoms with Crippen molar-refractivity contribution in [3.8, 4) is 5.75 Å². The second-order valence-electron chi connectivity index (χ2n) is 9.28. The molecule has 8 heteroatoms. The van der Waals surface area contributed by atoms with Crippen LogP contribution in [-0.2, 0) is 14.8 Å². The monoisotopic (exact) mass is 439 g/mol. The average Bonchev–Trinajstić information content (AvgIpc) is 3.07. The quantitative estimate of drug-likeness (QED) is 0.582. The number of hydrogen-bond acceptors (Lipinski definition) is 6. The lowest BCUT2D eigenvalue weighted by Gasteiger charge is -2.32. The molecule has 1 heterocycles. The second-order valence-corrected chi connectivity index (χ2v) is 11.5. The van der Waals surface area contributed by atoms with Gasteiger partial charge in [0.1, 0.15) is 0 Å². The number of hydrogen-bond donors (Lipinski definition) is 2. The van der Waals surface area contributed by atoms with Crippen LogP contribution in [0.1, 0.15) is 65.1 Å². The molecule has 0 saturated carbocycles. The number of rotatable bonds is 10. The number of benzene rings is 1. The Morgan fingerprint density at radius 2 is 1.97 bits per heavy atom. The summed E-state index contributed by atoms with van der Waals surface area (Å²) in [5.41, 5.74) is 4.67. The van der Waals surface area contributed by atoms with Crippen LogP contribution < -0.4 is 15.0 Å². The number of nitrogens with one attached hydrogen (secondary N) is 2. The molecular weight excluding hydrogens is 402 g/mol. The maximum atomic E-state index is 12.6. The molecule has 0 aliphatic carbocycles. The molecule has 1 aromatic rings. The Bertz CT molecular complexity index is 852. The first kappa shape index (κ1) is 24.6. The smallest absolute Gasteiger partial charge is 0.240 e. The molecule has 1 amide bonds. The van der Waals surface area contributed by atoms with Crippen LogP contribution in [0.2, 0.25) is 0 Å². The van der Waals surface area contributed by atoms with Gasteiger partial charge in [-0.05, 0) is 71.7 Å². The molecule has 2 unspecified atom stereocenters. The summed E-state index contributed by atoms with van der Waals surface area (Å²) >= 11 is 0. The maximum Gasteiger partial charge on any atom is 0.240 e. The molecule has 2 N–H and O–H groups in total. The number of amides is 1. The molecule has 0 fully saturated rings. The fourth-order valence-electron chi connectivity index (χ4n) is 3.52. The molecule has 0 spiro atoms. The van der Waals surface area contributed by atoms with Crippen molar-refractivity contribution in [2.45, 2.75) is 66.2 Å². The van der Waals surface area contributed by atoms with Crippen LogP contribution in [0.3, 0.4) is 0 Å². The molecule has 7 nitrogen and oxygen atoms in total. The van der Waals surface area contributed by atoms with Crippen molar-refractivity contribution in [3.63, 3.8) is 0 Å². The van der Waals surface area contributed by atoms with E-state index < -0.39 is 26.6 Å². The molecule has 0 saturated heterocycles. The standard InChI is InChI=1S/C22H37N3O4S/c1-8-25(14-22(6,7)21(26)24-30(27,28)15(2)3)12-11-17(5)20-18-10-9-16(4)13-19(18)29-23-20/h9-10,13,15,17,20,23H,8,11-12,14H2,1-7H3,(H,24,26). The Hall–Kier alpha value is -1.64. The van der Waals surface area contributed by atoms with Gasteiger partial charge in [-0.3, -0.25) is 9.52 Å². The van der Waals surface area contributed by atoms with E-state index in [9.17, 15) is 13.2 Å². The Morgan fingerprint density at radius 1 is 1.30 bits per heavy atom. The van der Waals surface area contributed by atoms with Gasteiger partial charge in [0.05, 0.1) is 16.7 Å². The van der Waals surface area contributed by atoms with Crippen LogP contribution in [0.5, 0.6) is 5.75 Å². The summed E-state index contributed by atoms with van der Waals surface area (Å²) in [6.07, 6.45) is 0.921.